The van der Waals surface area contributed by atoms with E-state index in [-0.39, 0.29) is 43.6 Å². The van der Waals surface area contributed by atoms with Crippen LogP contribution in [0.3, 0.4) is 0 Å². The molecule has 0 spiro atoms. The van der Waals surface area contributed by atoms with Crippen molar-refractivity contribution >= 4 is 35.7 Å². The van der Waals surface area contributed by atoms with Gasteiger partial charge >= 0.3 is 12.1 Å². The van der Waals surface area contributed by atoms with Crippen molar-refractivity contribution in [3.8, 4) is 0 Å². The Morgan fingerprint density at radius 3 is 2.14 bits per heavy atom. The van der Waals surface area contributed by atoms with E-state index in [9.17, 15) is 28.8 Å². The molecule has 0 saturated carbocycles. The standard InChI is InChI=1S/C37H57N5O9/c1-24(2)22-28(39-34(46)29-14-11-17-42(29)36(48)50-23-26-12-9-8-10-13-26)33(45)38-27(15-16-30(43)51-37(5,6)7)32(44)40-31(25(3)4)35(47)41-18-20-49-21-19-41/h8-10,12-13,24-25,27-29,31H,11,14-23H2,1-7H3,(H,38,45)(H,39,46)(H,40,44)/t27-,28-,29-,31-/m0/s1. The molecule has 2 heterocycles. The van der Waals surface area contributed by atoms with E-state index in [0.717, 1.165) is 5.56 Å². The summed E-state index contributed by atoms with van der Waals surface area (Å²) >= 11 is 0. The number of nitrogens with one attached hydrogen (secondary N) is 3. The zero-order valence-electron chi connectivity index (χ0n) is 31.2. The maximum absolute atomic E-state index is 13.9. The van der Waals surface area contributed by atoms with Crippen LogP contribution in [0.2, 0.25) is 0 Å². The van der Waals surface area contributed by atoms with Gasteiger partial charge in [-0.2, -0.15) is 0 Å². The maximum atomic E-state index is 13.9. The second-order valence-corrected chi connectivity index (χ2v) is 14.9. The fourth-order valence-corrected chi connectivity index (χ4v) is 5.97. The molecule has 0 aromatic heterocycles. The summed E-state index contributed by atoms with van der Waals surface area (Å²) in [7, 11) is 0. The molecule has 14 nitrogen and oxygen atoms in total. The van der Waals surface area contributed by atoms with Crippen molar-refractivity contribution < 1.29 is 43.0 Å². The first kappa shape index (κ1) is 41.2. The molecule has 4 atom stereocenters. The molecule has 3 N–H and O–H groups in total. The molecule has 0 unspecified atom stereocenters. The fourth-order valence-electron chi connectivity index (χ4n) is 5.97. The van der Waals surface area contributed by atoms with Gasteiger partial charge in [0, 0.05) is 26.1 Å². The average Bonchev–Trinajstić information content (AvgIpc) is 3.57. The van der Waals surface area contributed by atoms with Crippen LogP contribution in [-0.2, 0) is 44.8 Å². The number of nitrogens with zero attached hydrogens (tertiary/aromatic N) is 2. The Morgan fingerprint density at radius 1 is 0.882 bits per heavy atom. The van der Waals surface area contributed by atoms with Crippen LogP contribution in [0, 0.1) is 11.8 Å². The van der Waals surface area contributed by atoms with E-state index in [1.54, 1.807) is 25.7 Å². The number of benzene rings is 1. The Morgan fingerprint density at radius 2 is 1.53 bits per heavy atom. The molecule has 0 radical (unpaired) electrons. The van der Waals surface area contributed by atoms with Gasteiger partial charge in [-0.3, -0.25) is 28.9 Å². The van der Waals surface area contributed by atoms with Gasteiger partial charge in [-0.05, 0) is 63.9 Å². The Kier molecular flexibility index (Phi) is 15.7. The topological polar surface area (TPSA) is 173 Å². The minimum absolute atomic E-state index is 0.0259. The Labute approximate surface area is 301 Å². The lowest BCUT2D eigenvalue weighted by Gasteiger charge is -2.33. The van der Waals surface area contributed by atoms with Crippen LogP contribution in [0.25, 0.3) is 0 Å². The summed E-state index contributed by atoms with van der Waals surface area (Å²) in [5, 5.41) is 8.38. The Balaban J connectivity index is 1.75. The molecule has 51 heavy (non-hydrogen) atoms. The van der Waals surface area contributed by atoms with Crippen molar-refractivity contribution in [1.82, 2.24) is 25.8 Å². The van der Waals surface area contributed by atoms with Gasteiger partial charge < -0.3 is 35.1 Å². The van der Waals surface area contributed by atoms with Crippen molar-refractivity contribution in [2.45, 2.75) is 117 Å². The van der Waals surface area contributed by atoms with Crippen LogP contribution >= 0.6 is 0 Å². The molecule has 2 fully saturated rings. The van der Waals surface area contributed by atoms with Gasteiger partial charge in [0.05, 0.1) is 13.2 Å². The molecule has 2 aliphatic heterocycles. The molecule has 2 aliphatic rings. The van der Waals surface area contributed by atoms with E-state index in [1.807, 2.05) is 58.0 Å². The number of carbonyl (C=O) groups is 6. The molecule has 0 bridgehead atoms. The lowest BCUT2D eigenvalue weighted by Crippen LogP contribution is -2.59. The van der Waals surface area contributed by atoms with Crippen LogP contribution in [0.4, 0.5) is 4.79 Å². The van der Waals surface area contributed by atoms with E-state index in [4.69, 9.17) is 14.2 Å². The minimum Gasteiger partial charge on any atom is -0.460 e. The molecule has 2 saturated heterocycles. The second kappa shape index (κ2) is 19.4. The number of rotatable bonds is 15. The van der Waals surface area contributed by atoms with E-state index in [2.05, 4.69) is 16.0 Å². The fraction of sp³-hybridized carbons (Fsp3) is 0.676. The molecular weight excluding hydrogens is 658 g/mol. The predicted octanol–water partition coefficient (Wildman–Crippen LogP) is 2.92. The third-order valence-corrected chi connectivity index (χ3v) is 8.58. The zero-order valence-corrected chi connectivity index (χ0v) is 31.2. The van der Waals surface area contributed by atoms with Gasteiger partial charge in [-0.15, -0.1) is 0 Å². The molecule has 14 heteroatoms. The molecular formula is C37H57N5O9. The zero-order chi connectivity index (χ0) is 37.7. The van der Waals surface area contributed by atoms with Gasteiger partial charge in [0.1, 0.15) is 36.4 Å². The minimum atomic E-state index is -1.22. The van der Waals surface area contributed by atoms with E-state index >= 15 is 0 Å². The summed E-state index contributed by atoms with van der Waals surface area (Å²) in [6.07, 6.45) is 0.334. The average molecular weight is 716 g/mol. The third-order valence-electron chi connectivity index (χ3n) is 8.58. The van der Waals surface area contributed by atoms with Gasteiger partial charge in [0.15, 0.2) is 0 Å². The second-order valence-electron chi connectivity index (χ2n) is 14.9. The van der Waals surface area contributed by atoms with Crippen molar-refractivity contribution in [1.29, 1.82) is 0 Å². The number of amides is 5. The number of morpholine rings is 1. The first-order valence-corrected chi connectivity index (χ1v) is 18.0. The van der Waals surface area contributed by atoms with Gasteiger partial charge in [-0.25, -0.2) is 4.79 Å². The lowest BCUT2D eigenvalue weighted by molar-refractivity contribution is -0.155. The summed E-state index contributed by atoms with van der Waals surface area (Å²) < 4.78 is 16.3. The highest BCUT2D eigenvalue weighted by molar-refractivity contribution is 5.95. The largest absolute Gasteiger partial charge is 0.460 e. The normalized spacial score (nSPS) is 18.1. The van der Waals surface area contributed by atoms with Gasteiger partial charge in [-0.1, -0.05) is 58.0 Å². The summed E-state index contributed by atoms with van der Waals surface area (Å²) in [4.78, 5) is 83.4. The molecule has 0 aliphatic carbocycles. The van der Waals surface area contributed by atoms with Crippen molar-refractivity contribution in [2.24, 2.45) is 11.8 Å². The van der Waals surface area contributed by atoms with Crippen LogP contribution in [-0.4, -0.2) is 108 Å². The van der Waals surface area contributed by atoms with Crippen LogP contribution in [0.5, 0.6) is 0 Å². The smallest absolute Gasteiger partial charge is 0.410 e. The maximum Gasteiger partial charge on any atom is 0.410 e. The number of carbonyl (C=O) groups excluding carboxylic acids is 6. The van der Waals surface area contributed by atoms with Crippen molar-refractivity contribution in [3.05, 3.63) is 35.9 Å². The van der Waals surface area contributed by atoms with Crippen LogP contribution < -0.4 is 16.0 Å². The molecule has 3 rings (SSSR count). The summed E-state index contributed by atoms with van der Waals surface area (Å²) in [5.41, 5.74) is 0.0651. The molecule has 284 valence electrons. The van der Waals surface area contributed by atoms with E-state index in [1.165, 1.54) is 4.90 Å². The highest BCUT2D eigenvalue weighted by Gasteiger charge is 2.38. The first-order chi connectivity index (χ1) is 24.1. The van der Waals surface area contributed by atoms with Crippen LogP contribution in [0.15, 0.2) is 30.3 Å². The number of ether oxygens (including phenoxy) is 3. The number of hydrogen-bond donors (Lipinski definition) is 3. The highest BCUT2D eigenvalue weighted by Crippen LogP contribution is 2.20. The predicted molar refractivity (Wildman–Crippen MR) is 189 cm³/mol. The summed E-state index contributed by atoms with van der Waals surface area (Å²) in [6, 6.07) is 5.24. The monoisotopic (exact) mass is 715 g/mol. The van der Waals surface area contributed by atoms with E-state index < -0.39 is 59.6 Å². The van der Waals surface area contributed by atoms with Crippen molar-refractivity contribution in [3.63, 3.8) is 0 Å². The highest BCUT2D eigenvalue weighted by atomic mass is 16.6. The molecule has 5 amide bonds. The third kappa shape index (κ3) is 13.5. The van der Waals surface area contributed by atoms with Gasteiger partial charge in [0.25, 0.3) is 0 Å². The summed E-state index contributed by atoms with van der Waals surface area (Å²) in [5.74, 6) is -2.87. The Bertz CT molecular complexity index is 1340. The van der Waals surface area contributed by atoms with Gasteiger partial charge in [0.2, 0.25) is 23.6 Å². The van der Waals surface area contributed by atoms with E-state index in [0.29, 0.717) is 45.7 Å². The van der Waals surface area contributed by atoms with Crippen molar-refractivity contribution in [2.75, 3.05) is 32.8 Å². The quantitative estimate of drug-likeness (QED) is 0.231. The number of likely N-dealkylation sites (tertiary alicyclic amines) is 1. The Hall–Kier alpha value is -4.20. The molecule has 1 aromatic carbocycles. The SMILES string of the molecule is CC(C)C[C@H](NC(=O)[C@@H]1CCCN1C(=O)OCc1ccccc1)C(=O)N[C@@H](CCC(=O)OC(C)(C)C)C(=O)N[C@H](C(=O)N1CCOCC1)C(C)C. The van der Waals surface area contributed by atoms with Crippen LogP contribution in [0.1, 0.15) is 86.1 Å². The lowest BCUT2D eigenvalue weighted by atomic mass is 10.00. The first-order valence-electron chi connectivity index (χ1n) is 18.0. The number of esters is 1. The number of hydrogen-bond acceptors (Lipinski definition) is 9. The summed E-state index contributed by atoms with van der Waals surface area (Å²) in [6.45, 7) is 14.6. The molecule has 1 aromatic rings.